The van der Waals surface area contributed by atoms with Crippen LogP contribution in [0.1, 0.15) is 32.2 Å². The molecule has 0 saturated heterocycles. The Kier molecular flexibility index (Phi) is 3.49. The molecule has 1 aliphatic carbocycles. The lowest BCUT2D eigenvalue weighted by Crippen LogP contribution is -2.37. The van der Waals surface area contributed by atoms with Crippen LogP contribution >= 0.6 is 0 Å². The SMILES string of the molecule is COc1ccc(C2C3=C(COC3=O)NC3=C2C(=O)c2ccccc2C3=O)cc1. The molecule has 5 rings (SSSR count). The summed E-state index contributed by atoms with van der Waals surface area (Å²) in [6.07, 6.45) is 0. The van der Waals surface area contributed by atoms with Crippen molar-refractivity contribution in [3.8, 4) is 5.75 Å². The number of esters is 1. The van der Waals surface area contributed by atoms with Gasteiger partial charge in [-0.05, 0) is 17.7 Å². The fourth-order valence-electron chi connectivity index (χ4n) is 4.03. The van der Waals surface area contributed by atoms with E-state index in [1.54, 1.807) is 55.6 Å². The Balaban J connectivity index is 1.73. The number of carbonyl (C=O) groups is 3. The number of allylic oxidation sites excluding steroid dienone is 2. The summed E-state index contributed by atoms with van der Waals surface area (Å²) in [5, 5.41) is 3.01. The maximum absolute atomic E-state index is 13.3. The van der Waals surface area contributed by atoms with Crippen LogP contribution in [0.5, 0.6) is 5.75 Å². The predicted octanol–water partition coefficient (Wildman–Crippen LogP) is 2.53. The lowest BCUT2D eigenvalue weighted by Gasteiger charge is -2.31. The fraction of sp³-hybridized carbons (Fsp3) is 0.136. The van der Waals surface area contributed by atoms with Gasteiger partial charge in [0.2, 0.25) is 5.78 Å². The standard InChI is InChI=1S/C22H15NO5/c1-27-12-8-6-11(7-9-12)16-17-15(10-28-22(17)26)23-19-18(16)20(24)13-4-2-3-5-14(13)21(19)25/h2-9,16,23H,10H2,1H3. The van der Waals surface area contributed by atoms with Crippen molar-refractivity contribution in [1.29, 1.82) is 0 Å². The topological polar surface area (TPSA) is 81.7 Å². The first kappa shape index (κ1) is 16.5. The summed E-state index contributed by atoms with van der Waals surface area (Å²) in [7, 11) is 1.56. The Morgan fingerprint density at radius 2 is 1.61 bits per heavy atom. The van der Waals surface area contributed by atoms with Crippen molar-refractivity contribution >= 4 is 17.5 Å². The van der Waals surface area contributed by atoms with Crippen molar-refractivity contribution in [2.75, 3.05) is 13.7 Å². The Hall–Kier alpha value is -3.67. The molecule has 0 bridgehead atoms. The van der Waals surface area contributed by atoms with Gasteiger partial charge in [0, 0.05) is 22.6 Å². The quantitative estimate of drug-likeness (QED) is 0.815. The third-order valence-electron chi connectivity index (χ3n) is 5.35. The average molecular weight is 373 g/mol. The smallest absolute Gasteiger partial charge is 0.337 e. The van der Waals surface area contributed by atoms with Gasteiger partial charge in [0.15, 0.2) is 5.78 Å². The molecule has 1 atom stereocenters. The van der Waals surface area contributed by atoms with E-state index in [4.69, 9.17) is 9.47 Å². The van der Waals surface area contributed by atoms with Gasteiger partial charge >= 0.3 is 5.97 Å². The molecule has 138 valence electrons. The number of nitrogens with one attached hydrogen (secondary N) is 1. The number of dihydropyridines is 1. The number of fused-ring (bicyclic) bond motifs is 1. The maximum Gasteiger partial charge on any atom is 0.337 e. The van der Waals surface area contributed by atoms with Gasteiger partial charge in [-0.1, -0.05) is 36.4 Å². The highest BCUT2D eigenvalue weighted by molar-refractivity contribution is 6.28. The normalized spacial score (nSPS) is 20.3. The van der Waals surface area contributed by atoms with Crippen molar-refractivity contribution in [1.82, 2.24) is 5.32 Å². The number of hydrogen-bond donors (Lipinski definition) is 1. The van der Waals surface area contributed by atoms with Crippen LogP contribution in [0.4, 0.5) is 0 Å². The average Bonchev–Trinajstić information content (AvgIpc) is 3.11. The highest BCUT2D eigenvalue weighted by atomic mass is 16.5. The lowest BCUT2D eigenvalue weighted by molar-refractivity contribution is -0.136. The van der Waals surface area contributed by atoms with Gasteiger partial charge in [0.1, 0.15) is 12.4 Å². The van der Waals surface area contributed by atoms with Crippen LogP contribution in [0.15, 0.2) is 71.1 Å². The first-order valence-corrected chi connectivity index (χ1v) is 8.84. The van der Waals surface area contributed by atoms with E-state index in [2.05, 4.69) is 5.32 Å². The van der Waals surface area contributed by atoms with Crippen LogP contribution in [0, 0.1) is 0 Å². The number of ether oxygens (including phenoxy) is 2. The minimum atomic E-state index is -0.669. The molecule has 0 saturated carbocycles. The summed E-state index contributed by atoms with van der Waals surface area (Å²) in [5.74, 6) is -1.00. The minimum Gasteiger partial charge on any atom is -0.497 e. The molecule has 3 aliphatic rings. The van der Waals surface area contributed by atoms with Gasteiger partial charge in [-0.15, -0.1) is 0 Å². The number of rotatable bonds is 2. The number of ketones is 2. The van der Waals surface area contributed by atoms with E-state index in [1.165, 1.54) is 0 Å². The second-order valence-corrected chi connectivity index (χ2v) is 6.79. The van der Waals surface area contributed by atoms with Crippen LogP contribution in [0.25, 0.3) is 0 Å². The first-order chi connectivity index (χ1) is 13.6. The van der Waals surface area contributed by atoms with Crippen molar-refractivity contribution in [2.45, 2.75) is 5.92 Å². The van der Waals surface area contributed by atoms with Gasteiger partial charge in [0.25, 0.3) is 0 Å². The van der Waals surface area contributed by atoms with E-state index in [-0.39, 0.29) is 29.4 Å². The molecular formula is C22H15NO5. The van der Waals surface area contributed by atoms with E-state index in [9.17, 15) is 14.4 Å². The van der Waals surface area contributed by atoms with Crippen molar-refractivity contribution in [3.63, 3.8) is 0 Å². The highest BCUT2D eigenvalue weighted by Crippen LogP contribution is 2.45. The molecular weight excluding hydrogens is 358 g/mol. The van der Waals surface area contributed by atoms with Gasteiger partial charge in [-0.3, -0.25) is 9.59 Å². The summed E-state index contributed by atoms with van der Waals surface area (Å²) in [6.45, 7) is 0.0563. The van der Waals surface area contributed by atoms with Crippen LogP contribution in [0.3, 0.4) is 0 Å². The number of benzene rings is 2. The van der Waals surface area contributed by atoms with Crippen LogP contribution in [-0.2, 0) is 9.53 Å². The molecule has 0 radical (unpaired) electrons. The molecule has 0 spiro atoms. The summed E-state index contributed by atoms with van der Waals surface area (Å²) in [4.78, 5) is 38.9. The van der Waals surface area contributed by atoms with Crippen LogP contribution in [0.2, 0.25) is 0 Å². The zero-order valence-corrected chi connectivity index (χ0v) is 14.9. The molecule has 2 aliphatic heterocycles. The van der Waals surface area contributed by atoms with Gasteiger partial charge < -0.3 is 14.8 Å². The van der Waals surface area contributed by atoms with E-state index in [0.29, 0.717) is 28.1 Å². The molecule has 6 nitrogen and oxygen atoms in total. The van der Waals surface area contributed by atoms with Crippen LogP contribution in [-0.4, -0.2) is 31.3 Å². The first-order valence-electron chi connectivity index (χ1n) is 8.84. The van der Waals surface area contributed by atoms with Gasteiger partial charge in [0.05, 0.1) is 24.1 Å². The zero-order chi connectivity index (χ0) is 19.4. The Labute approximate surface area is 160 Å². The van der Waals surface area contributed by atoms with E-state index < -0.39 is 11.9 Å². The van der Waals surface area contributed by atoms with Crippen molar-refractivity contribution < 1.29 is 23.9 Å². The summed E-state index contributed by atoms with van der Waals surface area (Å²) in [6, 6.07) is 13.9. The largest absolute Gasteiger partial charge is 0.497 e. The number of Topliss-reactive ketones (excluding diaryl/α,β-unsaturated/α-hetero) is 2. The molecule has 2 heterocycles. The number of methoxy groups -OCH3 is 1. The van der Waals surface area contributed by atoms with Crippen molar-refractivity contribution in [2.24, 2.45) is 0 Å². The molecule has 0 amide bonds. The molecule has 1 unspecified atom stereocenters. The second-order valence-electron chi connectivity index (χ2n) is 6.79. The van der Waals surface area contributed by atoms with E-state index >= 15 is 0 Å². The van der Waals surface area contributed by atoms with E-state index in [0.717, 1.165) is 5.56 Å². The molecule has 6 heteroatoms. The molecule has 28 heavy (non-hydrogen) atoms. The third-order valence-corrected chi connectivity index (χ3v) is 5.35. The molecule has 2 aromatic rings. The molecule has 0 aromatic heterocycles. The third kappa shape index (κ3) is 2.18. The number of carbonyl (C=O) groups excluding carboxylic acids is 3. The molecule has 1 N–H and O–H groups in total. The maximum atomic E-state index is 13.3. The zero-order valence-electron chi connectivity index (χ0n) is 14.9. The summed E-state index contributed by atoms with van der Waals surface area (Å²) < 4.78 is 10.4. The molecule has 2 aromatic carbocycles. The molecule has 0 fully saturated rings. The lowest BCUT2D eigenvalue weighted by atomic mass is 9.73. The number of hydrogen-bond acceptors (Lipinski definition) is 6. The van der Waals surface area contributed by atoms with Gasteiger partial charge in [-0.2, -0.15) is 0 Å². The Morgan fingerprint density at radius 1 is 0.929 bits per heavy atom. The van der Waals surface area contributed by atoms with Crippen LogP contribution < -0.4 is 10.1 Å². The highest BCUT2D eigenvalue weighted by Gasteiger charge is 2.46. The predicted molar refractivity (Wildman–Crippen MR) is 99.0 cm³/mol. The Morgan fingerprint density at radius 3 is 2.29 bits per heavy atom. The summed E-state index contributed by atoms with van der Waals surface area (Å²) in [5.41, 5.74) is 2.85. The van der Waals surface area contributed by atoms with Gasteiger partial charge in [-0.25, -0.2) is 4.79 Å². The minimum absolute atomic E-state index is 0.0563. The van der Waals surface area contributed by atoms with Crippen molar-refractivity contribution in [3.05, 3.63) is 87.8 Å². The monoisotopic (exact) mass is 373 g/mol. The second kappa shape index (κ2) is 5.92. The van der Waals surface area contributed by atoms with E-state index in [1.807, 2.05) is 0 Å². The Bertz CT molecular complexity index is 1120. The fourth-order valence-corrected chi connectivity index (χ4v) is 4.03. The number of cyclic esters (lactones) is 1. The summed E-state index contributed by atoms with van der Waals surface area (Å²) >= 11 is 0.